The lowest BCUT2D eigenvalue weighted by Crippen LogP contribution is -2.02. The number of rotatable bonds is 0. The first kappa shape index (κ1) is 11.6. The van der Waals surface area contributed by atoms with E-state index in [1.165, 1.54) is 21.5 Å². The fourth-order valence-corrected chi connectivity index (χ4v) is 3.07. The summed E-state index contributed by atoms with van der Waals surface area (Å²) in [4.78, 5) is 0. The van der Waals surface area contributed by atoms with Gasteiger partial charge in [0.25, 0.3) is 0 Å². The van der Waals surface area contributed by atoms with Gasteiger partial charge < -0.3 is 10.1 Å². The SMILES string of the molecule is c1ccc2cc3c(cc2c1)Nc1cc2ccccc2cc1O3. The Kier molecular flexibility index (Phi) is 2.25. The van der Waals surface area contributed by atoms with Crippen molar-refractivity contribution in [2.45, 2.75) is 0 Å². The quantitative estimate of drug-likeness (QED) is 0.385. The van der Waals surface area contributed by atoms with Crippen LogP contribution in [0.25, 0.3) is 21.5 Å². The van der Waals surface area contributed by atoms with Gasteiger partial charge in [0.15, 0.2) is 11.5 Å². The van der Waals surface area contributed by atoms with Crippen LogP contribution in [0.15, 0.2) is 72.8 Å². The van der Waals surface area contributed by atoms with Crippen molar-refractivity contribution in [2.24, 2.45) is 0 Å². The molecule has 0 aliphatic carbocycles. The largest absolute Gasteiger partial charge is 0.453 e. The van der Waals surface area contributed by atoms with Crippen molar-refractivity contribution in [3.05, 3.63) is 72.8 Å². The molecule has 0 unspecified atom stereocenters. The minimum absolute atomic E-state index is 0.876. The zero-order valence-electron chi connectivity index (χ0n) is 11.8. The Labute approximate surface area is 128 Å². The molecule has 1 N–H and O–H groups in total. The van der Waals surface area contributed by atoms with Crippen molar-refractivity contribution >= 4 is 32.9 Å². The standard InChI is InChI=1S/C20H13NO/c1-3-7-15-11-19-17(9-13(15)5-1)21-18-10-14-6-2-4-8-16(14)12-20(18)22-19/h1-12,21H. The molecule has 1 aliphatic heterocycles. The molecule has 0 spiro atoms. The third-order valence-electron chi connectivity index (χ3n) is 4.19. The highest BCUT2D eigenvalue weighted by Crippen LogP contribution is 2.45. The molecule has 0 aromatic heterocycles. The molecule has 2 nitrogen and oxygen atoms in total. The van der Waals surface area contributed by atoms with E-state index in [1.807, 2.05) is 12.1 Å². The molecule has 1 heterocycles. The van der Waals surface area contributed by atoms with Gasteiger partial charge in [0.1, 0.15) is 0 Å². The van der Waals surface area contributed by atoms with Crippen LogP contribution in [-0.2, 0) is 0 Å². The molecule has 22 heavy (non-hydrogen) atoms. The first-order valence-corrected chi connectivity index (χ1v) is 7.37. The van der Waals surface area contributed by atoms with E-state index < -0.39 is 0 Å². The van der Waals surface area contributed by atoms with Crippen molar-refractivity contribution in [1.29, 1.82) is 0 Å². The van der Waals surface area contributed by atoms with Gasteiger partial charge in [-0.15, -0.1) is 0 Å². The molecule has 1 aliphatic rings. The minimum atomic E-state index is 0.876. The first-order valence-electron chi connectivity index (χ1n) is 7.37. The molecule has 5 rings (SSSR count). The van der Waals surface area contributed by atoms with Gasteiger partial charge >= 0.3 is 0 Å². The van der Waals surface area contributed by atoms with E-state index in [-0.39, 0.29) is 0 Å². The van der Waals surface area contributed by atoms with Gasteiger partial charge in [0.05, 0.1) is 11.4 Å². The van der Waals surface area contributed by atoms with E-state index in [0.717, 1.165) is 22.9 Å². The van der Waals surface area contributed by atoms with Gasteiger partial charge in [-0.3, -0.25) is 0 Å². The molecule has 0 amide bonds. The number of nitrogens with one attached hydrogen (secondary N) is 1. The Morgan fingerprint density at radius 3 is 1.41 bits per heavy atom. The summed E-state index contributed by atoms with van der Waals surface area (Å²) >= 11 is 0. The summed E-state index contributed by atoms with van der Waals surface area (Å²) < 4.78 is 6.13. The van der Waals surface area contributed by atoms with Gasteiger partial charge in [0.2, 0.25) is 0 Å². The molecule has 0 atom stereocenters. The third kappa shape index (κ3) is 1.67. The van der Waals surface area contributed by atoms with Gasteiger partial charge in [-0.1, -0.05) is 48.5 Å². The molecule has 0 saturated heterocycles. The molecule has 0 saturated carbocycles. The van der Waals surface area contributed by atoms with Crippen molar-refractivity contribution in [2.75, 3.05) is 5.32 Å². The van der Waals surface area contributed by atoms with E-state index in [9.17, 15) is 0 Å². The van der Waals surface area contributed by atoms with E-state index in [2.05, 4.69) is 66.0 Å². The highest BCUT2D eigenvalue weighted by molar-refractivity contribution is 5.95. The maximum absolute atomic E-state index is 6.13. The van der Waals surface area contributed by atoms with Crippen LogP contribution >= 0.6 is 0 Å². The Morgan fingerprint density at radius 2 is 0.955 bits per heavy atom. The average Bonchev–Trinajstić information content (AvgIpc) is 2.56. The average molecular weight is 283 g/mol. The van der Waals surface area contributed by atoms with Crippen LogP contribution in [0.4, 0.5) is 11.4 Å². The number of anilines is 2. The van der Waals surface area contributed by atoms with E-state index in [1.54, 1.807) is 0 Å². The molecule has 0 fully saturated rings. The molecule has 0 radical (unpaired) electrons. The number of hydrogen-bond donors (Lipinski definition) is 1. The lowest BCUT2D eigenvalue weighted by atomic mass is 10.1. The Bertz CT molecular complexity index is 870. The minimum Gasteiger partial charge on any atom is -0.453 e. The van der Waals surface area contributed by atoms with E-state index in [4.69, 9.17) is 4.74 Å². The van der Waals surface area contributed by atoms with Crippen LogP contribution in [0.2, 0.25) is 0 Å². The number of hydrogen-bond acceptors (Lipinski definition) is 2. The molecule has 104 valence electrons. The highest BCUT2D eigenvalue weighted by Gasteiger charge is 2.17. The van der Waals surface area contributed by atoms with Crippen molar-refractivity contribution < 1.29 is 4.74 Å². The lowest BCUT2D eigenvalue weighted by Gasteiger charge is -2.23. The van der Waals surface area contributed by atoms with Crippen LogP contribution < -0.4 is 10.1 Å². The second-order valence-electron chi connectivity index (χ2n) is 5.62. The molecular weight excluding hydrogens is 270 g/mol. The van der Waals surface area contributed by atoms with Gasteiger partial charge in [-0.2, -0.15) is 0 Å². The van der Waals surface area contributed by atoms with Crippen LogP contribution in [0, 0.1) is 0 Å². The monoisotopic (exact) mass is 283 g/mol. The first-order chi connectivity index (χ1) is 10.9. The smallest absolute Gasteiger partial charge is 0.151 e. The van der Waals surface area contributed by atoms with Crippen LogP contribution in [0.5, 0.6) is 11.5 Å². The van der Waals surface area contributed by atoms with Crippen LogP contribution in [0.3, 0.4) is 0 Å². The molecule has 2 heteroatoms. The van der Waals surface area contributed by atoms with Gasteiger partial charge in [-0.25, -0.2) is 0 Å². The lowest BCUT2D eigenvalue weighted by molar-refractivity contribution is 0.482. The topological polar surface area (TPSA) is 21.3 Å². The summed E-state index contributed by atoms with van der Waals surface area (Å²) in [6, 6.07) is 25.1. The predicted octanol–water partition coefficient (Wildman–Crippen LogP) is 5.84. The predicted molar refractivity (Wildman–Crippen MR) is 91.3 cm³/mol. The Hall–Kier alpha value is -3.00. The van der Waals surface area contributed by atoms with Crippen LogP contribution in [-0.4, -0.2) is 0 Å². The normalized spacial score (nSPS) is 12.4. The zero-order chi connectivity index (χ0) is 14.5. The summed E-state index contributed by atoms with van der Waals surface area (Å²) in [6.45, 7) is 0. The maximum atomic E-state index is 6.13. The Morgan fingerprint density at radius 1 is 0.545 bits per heavy atom. The zero-order valence-corrected chi connectivity index (χ0v) is 11.8. The number of fused-ring (bicyclic) bond motifs is 4. The molecule has 0 bridgehead atoms. The molecular formula is C20H13NO. The number of ether oxygens (including phenoxy) is 1. The second-order valence-corrected chi connectivity index (χ2v) is 5.62. The molecule has 4 aromatic carbocycles. The van der Waals surface area contributed by atoms with Crippen LogP contribution in [0.1, 0.15) is 0 Å². The van der Waals surface area contributed by atoms with Gasteiger partial charge in [0, 0.05) is 0 Å². The summed E-state index contributed by atoms with van der Waals surface area (Å²) in [6.07, 6.45) is 0. The van der Waals surface area contributed by atoms with Gasteiger partial charge in [-0.05, 0) is 45.8 Å². The summed E-state index contributed by atoms with van der Waals surface area (Å²) in [5, 5.41) is 8.29. The summed E-state index contributed by atoms with van der Waals surface area (Å²) in [5.41, 5.74) is 2.03. The van der Waals surface area contributed by atoms with E-state index in [0.29, 0.717) is 0 Å². The van der Waals surface area contributed by atoms with Crippen molar-refractivity contribution in [3.8, 4) is 11.5 Å². The summed E-state index contributed by atoms with van der Waals surface area (Å²) in [5.74, 6) is 1.75. The summed E-state index contributed by atoms with van der Waals surface area (Å²) in [7, 11) is 0. The maximum Gasteiger partial charge on any atom is 0.151 e. The fourth-order valence-electron chi connectivity index (χ4n) is 3.07. The second kappa shape index (κ2) is 4.25. The van der Waals surface area contributed by atoms with E-state index >= 15 is 0 Å². The van der Waals surface area contributed by atoms with Crippen molar-refractivity contribution in [3.63, 3.8) is 0 Å². The highest BCUT2D eigenvalue weighted by atomic mass is 16.5. The van der Waals surface area contributed by atoms with Crippen molar-refractivity contribution in [1.82, 2.24) is 0 Å². The fraction of sp³-hybridized carbons (Fsp3) is 0. The number of benzene rings is 4. The molecule has 4 aromatic rings. The third-order valence-corrected chi connectivity index (χ3v) is 4.19. The Balaban J connectivity index is 1.71.